The van der Waals surface area contributed by atoms with Crippen LogP contribution >= 0.6 is 11.3 Å². The number of hydrogen-bond donors (Lipinski definition) is 1. The molecule has 2 aliphatic rings. The largest absolute Gasteiger partial charge is 0.486 e. The summed E-state index contributed by atoms with van der Waals surface area (Å²) in [5.74, 6) is 0.954. The Hall–Kier alpha value is -2.55. The zero-order chi connectivity index (χ0) is 20.6. The molecule has 2 aromatic rings. The Kier molecular flexibility index (Phi) is 5.24. The number of benzene rings is 1. The van der Waals surface area contributed by atoms with Crippen LogP contribution in [-0.2, 0) is 9.53 Å². The van der Waals surface area contributed by atoms with Crippen LogP contribution in [0.25, 0.3) is 10.2 Å². The maximum absolute atomic E-state index is 12.8. The lowest BCUT2D eigenvalue weighted by molar-refractivity contribution is -0.121. The summed E-state index contributed by atoms with van der Waals surface area (Å²) in [4.78, 5) is 31.2. The number of nitrogens with one attached hydrogen (secondary N) is 1. The van der Waals surface area contributed by atoms with Gasteiger partial charge in [0.2, 0.25) is 5.91 Å². The predicted molar refractivity (Wildman–Crippen MR) is 110 cm³/mol. The number of carbonyl (C=O) groups is 2. The van der Waals surface area contributed by atoms with Crippen LogP contribution in [-0.4, -0.2) is 53.8 Å². The third-order valence-electron chi connectivity index (χ3n) is 4.73. The number of rotatable bonds is 2. The number of carbonyl (C=O) groups excluding carboxylic acids is 2. The third-order valence-corrected chi connectivity index (χ3v) is 5.66. The van der Waals surface area contributed by atoms with Crippen LogP contribution in [0.15, 0.2) is 12.1 Å². The molecule has 0 radical (unpaired) electrons. The van der Waals surface area contributed by atoms with Gasteiger partial charge in [0.05, 0.1) is 16.1 Å². The molecule has 2 aliphatic heterocycles. The summed E-state index contributed by atoms with van der Waals surface area (Å²) in [5, 5.41) is 3.44. The van der Waals surface area contributed by atoms with E-state index < -0.39 is 5.60 Å². The lowest BCUT2D eigenvalue weighted by Crippen LogP contribution is -2.45. The molecule has 1 atom stereocenters. The minimum absolute atomic E-state index is 0.130. The van der Waals surface area contributed by atoms with Gasteiger partial charge in [-0.15, -0.1) is 0 Å². The standard InChI is InChI=1S/C20H25N3O5S/c1-20(2,3)28-19(25)23-6-4-5-12(11-23)17(24)22-18-21-13-9-14-15(10-16(13)29-18)27-8-7-26-14/h9-10,12H,4-8,11H2,1-3H3,(H,21,22,24)/t12-/m1/s1. The quantitative estimate of drug-likeness (QED) is 0.799. The van der Waals surface area contributed by atoms with Gasteiger partial charge in [-0.25, -0.2) is 9.78 Å². The van der Waals surface area contributed by atoms with Gasteiger partial charge in [-0.1, -0.05) is 11.3 Å². The number of nitrogens with zero attached hydrogens (tertiary/aromatic N) is 2. The molecule has 1 fully saturated rings. The molecule has 9 heteroatoms. The summed E-state index contributed by atoms with van der Waals surface area (Å²) < 4.78 is 17.5. The van der Waals surface area contributed by atoms with Crippen molar-refractivity contribution in [1.82, 2.24) is 9.88 Å². The lowest BCUT2D eigenvalue weighted by atomic mass is 9.97. The molecule has 8 nitrogen and oxygen atoms in total. The topological polar surface area (TPSA) is 90.0 Å². The van der Waals surface area contributed by atoms with Crippen LogP contribution in [0.3, 0.4) is 0 Å². The minimum atomic E-state index is -0.556. The van der Waals surface area contributed by atoms with Crippen LogP contribution in [0.5, 0.6) is 11.5 Å². The third kappa shape index (κ3) is 4.55. The molecule has 2 amide bonds. The van der Waals surface area contributed by atoms with Crippen molar-refractivity contribution in [1.29, 1.82) is 0 Å². The molecule has 0 aliphatic carbocycles. The van der Waals surface area contributed by atoms with E-state index in [2.05, 4.69) is 10.3 Å². The Balaban J connectivity index is 1.42. The van der Waals surface area contributed by atoms with Crippen molar-refractivity contribution in [2.24, 2.45) is 5.92 Å². The van der Waals surface area contributed by atoms with E-state index in [0.29, 0.717) is 42.9 Å². The highest BCUT2D eigenvalue weighted by atomic mass is 32.1. The number of likely N-dealkylation sites (tertiary alicyclic amines) is 1. The Morgan fingerprint density at radius 3 is 2.69 bits per heavy atom. The van der Waals surface area contributed by atoms with Crippen molar-refractivity contribution in [2.45, 2.75) is 39.2 Å². The summed E-state index contributed by atoms with van der Waals surface area (Å²) in [6.07, 6.45) is 1.12. The Bertz CT molecular complexity index is 893. The first-order valence-corrected chi connectivity index (χ1v) is 10.6. The molecule has 0 unspecified atom stereocenters. The average Bonchev–Trinajstić information content (AvgIpc) is 3.05. The maximum Gasteiger partial charge on any atom is 0.410 e. The van der Waals surface area contributed by atoms with Crippen molar-refractivity contribution in [3.05, 3.63) is 12.1 Å². The van der Waals surface area contributed by atoms with Gasteiger partial charge in [-0.05, 0) is 33.6 Å². The molecule has 1 saturated heterocycles. The smallest absolute Gasteiger partial charge is 0.410 e. The molecule has 4 rings (SSSR count). The van der Waals surface area contributed by atoms with Gasteiger partial charge < -0.3 is 24.4 Å². The van der Waals surface area contributed by atoms with Crippen molar-refractivity contribution in [2.75, 3.05) is 31.6 Å². The predicted octanol–water partition coefficient (Wildman–Crippen LogP) is 3.65. The van der Waals surface area contributed by atoms with Gasteiger partial charge in [0, 0.05) is 25.2 Å². The van der Waals surface area contributed by atoms with Gasteiger partial charge in [0.15, 0.2) is 16.6 Å². The SMILES string of the molecule is CC(C)(C)OC(=O)N1CCC[C@@H](C(=O)Nc2nc3cc4c(cc3s2)OCCO4)C1. The summed E-state index contributed by atoms with van der Waals surface area (Å²) in [6, 6.07) is 3.73. The molecule has 0 saturated carbocycles. The van der Waals surface area contributed by atoms with Crippen LogP contribution in [0.4, 0.5) is 9.93 Å². The normalized spacial score (nSPS) is 19.1. The summed E-state index contributed by atoms with van der Waals surface area (Å²) >= 11 is 1.39. The van der Waals surface area contributed by atoms with Gasteiger partial charge in [0.25, 0.3) is 0 Å². The second kappa shape index (κ2) is 7.70. The number of hydrogen-bond acceptors (Lipinski definition) is 7. The summed E-state index contributed by atoms with van der Waals surface area (Å²) in [6.45, 7) is 7.49. The van der Waals surface area contributed by atoms with Gasteiger partial charge >= 0.3 is 6.09 Å². The second-order valence-corrected chi connectivity index (χ2v) is 9.27. The van der Waals surface area contributed by atoms with Gasteiger partial charge in [-0.2, -0.15) is 0 Å². The first-order valence-electron chi connectivity index (χ1n) is 9.77. The number of thiazole rings is 1. The van der Waals surface area contributed by atoms with E-state index in [4.69, 9.17) is 14.2 Å². The van der Waals surface area contributed by atoms with Gasteiger partial charge in [-0.3, -0.25) is 4.79 Å². The second-order valence-electron chi connectivity index (χ2n) is 8.24. The molecule has 156 valence electrons. The minimum Gasteiger partial charge on any atom is -0.486 e. The first-order chi connectivity index (χ1) is 13.8. The average molecular weight is 420 g/mol. The van der Waals surface area contributed by atoms with Crippen LogP contribution in [0, 0.1) is 5.92 Å². The van der Waals surface area contributed by atoms with E-state index in [-0.39, 0.29) is 17.9 Å². The molecular weight excluding hydrogens is 394 g/mol. The molecular formula is C20H25N3O5S. The Labute approximate surface area is 173 Å². The highest BCUT2D eigenvalue weighted by Crippen LogP contribution is 2.38. The highest BCUT2D eigenvalue weighted by molar-refractivity contribution is 7.22. The van der Waals surface area contributed by atoms with Crippen LogP contribution < -0.4 is 14.8 Å². The lowest BCUT2D eigenvalue weighted by Gasteiger charge is -2.33. The molecule has 3 heterocycles. The van der Waals surface area contributed by atoms with E-state index in [9.17, 15) is 9.59 Å². The fraction of sp³-hybridized carbons (Fsp3) is 0.550. The fourth-order valence-electron chi connectivity index (χ4n) is 3.41. The van der Waals surface area contributed by atoms with Crippen molar-refractivity contribution < 1.29 is 23.8 Å². The van der Waals surface area contributed by atoms with Crippen molar-refractivity contribution >= 4 is 38.7 Å². The number of piperidine rings is 1. The van der Waals surface area contributed by atoms with E-state index in [1.807, 2.05) is 32.9 Å². The van der Waals surface area contributed by atoms with Crippen molar-refractivity contribution in [3.63, 3.8) is 0 Å². The molecule has 0 bridgehead atoms. The molecule has 1 N–H and O–H groups in total. The zero-order valence-electron chi connectivity index (χ0n) is 16.8. The summed E-state index contributed by atoms with van der Waals surface area (Å²) in [7, 11) is 0. The van der Waals surface area contributed by atoms with E-state index >= 15 is 0 Å². The van der Waals surface area contributed by atoms with Crippen molar-refractivity contribution in [3.8, 4) is 11.5 Å². The van der Waals surface area contributed by atoms with E-state index in [1.54, 1.807) is 4.90 Å². The number of aromatic nitrogens is 1. The molecule has 0 spiro atoms. The Morgan fingerprint density at radius 2 is 1.97 bits per heavy atom. The van der Waals surface area contributed by atoms with Crippen LogP contribution in [0.1, 0.15) is 33.6 Å². The van der Waals surface area contributed by atoms with Gasteiger partial charge in [0.1, 0.15) is 18.8 Å². The zero-order valence-corrected chi connectivity index (χ0v) is 17.6. The number of fused-ring (bicyclic) bond motifs is 2. The van der Waals surface area contributed by atoms with E-state index in [1.165, 1.54) is 11.3 Å². The number of ether oxygens (including phenoxy) is 3. The molecule has 1 aromatic carbocycles. The molecule has 29 heavy (non-hydrogen) atoms. The first kappa shape index (κ1) is 19.8. The maximum atomic E-state index is 12.8. The fourth-order valence-corrected chi connectivity index (χ4v) is 4.29. The molecule has 1 aromatic heterocycles. The summed E-state index contributed by atoms with van der Waals surface area (Å²) in [5.41, 5.74) is 0.202. The van der Waals surface area contributed by atoms with Crippen LogP contribution in [0.2, 0.25) is 0 Å². The number of anilines is 1. The van der Waals surface area contributed by atoms with E-state index in [0.717, 1.165) is 23.1 Å². The number of amides is 2. The Morgan fingerprint density at radius 1 is 1.24 bits per heavy atom. The highest BCUT2D eigenvalue weighted by Gasteiger charge is 2.31. The monoisotopic (exact) mass is 419 g/mol.